The number of nitrogens with one attached hydrogen (secondary N) is 1. The number of nitrogens with zero attached hydrogens (tertiary/aromatic N) is 1. The van der Waals surface area contributed by atoms with Crippen molar-refractivity contribution >= 4 is 5.91 Å². The Morgan fingerprint density at radius 3 is 2.59 bits per heavy atom. The van der Waals surface area contributed by atoms with Crippen molar-refractivity contribution in [3.8, 4) is 11.5 Å². The molecular formula is C21H26N2O4. The topological polar surface area (TPSA) is 69.7 Å². The smallest absolute Gasteiger partial charge is 0.263 e. The van der Waals surface area contributed by atoms with Gasteiger partial charge >= 0.3 is 0 Å². The van der Waals surface area contributed by atoms with E-state index in [-0.39, 0.29) is 17.9 Å². The maximum absolute atomic E-state index is 12.9. The SMILES string of the molecule is COc1ccccc1OC(C)(C)C(=O)NC1COCC1Cc1ccncc1. The zero-order valence-electron chi connectivity index (χ0n) is 16.0. The molecule has 0 spiro atoms. The van der Waals surface area contributed by atoms with Gasteiger partial charge in [-0.05, 0) is 50.1 Å². The number of rotatable bonds is 7. The van der Waals surface area contributed by atoms with Crippen molar-refractivity contribution in [1.29, 1.82) is 0 Å². The van der Waals surface area contributed by atoms with Crippen LogP contribution in [0.3, 0.4) is 0 Å². The number of amides is 1. The Labute approximate surface area is 159 Å². The molecule has 1 aliphatic heterocycles. The molecule has 1 saturated heterocycles. The summed E-state index contributed by atoms with van der Waals surface area (Å²) in [4.78, 5) is 16.9. The van der Waals surface area contributed by atoms with Gasteiger partial charge in [-0.25, -0.2) is 0 Å². The van der Waals surface area contributed by atoms with E-state index in [0.717, 1.165) is 6.42 Å². The van der Waals surface area contributed by atoms with E-state index in [0.29, 0.717) is 24.7 Å². The molecule has 0 aliphatic carbocycles. The minimum atomic E-state index is -1.04. The summed E-state index contributed by atoms with van der Waals surface area (Å²) in [6, 6.07) is 11.2. The highest BCUT2D eigenvalue weighted by atomic mass is 16.5. The molecule has 6 heteroatoms. The van der Waals surface area contributed by atoms with Gasteiger partial charge in [-0.3, -0.25) is 9.78 Å². The molecule has 6 nitrogen and oxygen atoms in total. The van der Waals surface area contributed by atoms with E-state index in [1.54, 1.807) is 45.5 Å². The van der Waals surface area contributed by atoms with Crippen molar-refractivity contribution in [2.45, 2.75) is 31.9 Å². The number of ether oxygens (including phenoxy) is 3. The lowest BCUT2D eigenvalue weighted by atomic mass is 9.94. The van der Waals surface area contributed by atoms with Crippen LogP contribution in [0.2, 0.25) is 0 Å². The fourth-order valence-electron chi connectivity index (χ4n) is 3.15. The van der Waals surface area contributed by atoms with E-state index in [4.69, 9.17) is 14.2 Å². The molecule has 2 atom stereocenters. The number of hydrogen-bond donors (Lipinski definition) is 1. The van der Waals surface area contributed by atoms with Gasteiger partial charge in [0.15, 0.2) is 17.1 Å². The summed E-state index contributed by atoms with van der Waals surface area (Å²) in [6.07, 6.45) is 4.40. The van der Waals surface area contributed by atoms with Crippen LogP contribution in [0.1, 0.15) is 19.4 Å². The first kappa shape index (κ1) is 19.2. The van der Waals surface area contributed by atoms with Gasteiger partial charge in [0.05, 0.1) is 26.4 Å². The van der Waals surface area contributed by atoms with Crippen LogP contribution in [-0.2, 0) is 16.0 Å². The summed E-state index contributed by atoms with van der Waals surface area (Å²) >= 11 is 0. The highest BCUT2D eigenvalue weighted by molar-refractivity contribution is 5.85. The van der Waals surface area contributed by atoms with Crippen LogP contribution >= 0.6 is 0 Å². The number of carbonyl (C=O) groups excluding carboxylic acids is 1. The van der Waals surface area contributed by atoms with Crippen LogP contribution in [0, 0.1) is 5.92 Å². The zero-order valence-corrected chi connectivity index (χ0v) is 16.0. The fourth-order valence-corrected chi connectivity index (χ4v) is 3.15. The number of carbonyl (C=O) groups is 1. The first-order valence-corrected chi connectivity index (χ1v) is 9.09. The zero-order chi connectivity index (χ0) is 19.3. The molecule has 1 amide bonds. The van der Waals surface area contributed by atoms with Gasteiger partial charge in [0, 0.05) is 18.3 Å². The van der Waals surface area contributed by atoms with Crippen LogP contribution in [0.5, 0.6) is 11.5 Å². The summed E-state index contributed by atoms with van der Waals surface area (Å²) in [5, 5.41) is 3.10. The molecule has 27 heavy (non-hydrogen) atoms. The third kappa shape index (κ3) is 4.77. The number of benzene rings is 1. The van der Waals surface area contributed by atoms with E-state index in [1.165, 1.54) is 5.56 Å². The highest BCUT2D eigenvalue weighted by Crippen LogP contribution is 2.30. The van der Waals surface area contributed by atoms with E-state index in [2.05, 4.69) is 10.3 Å². The molecule has 2 aromatic rings. The van der Waals surface area contributed by atoms with Crippen LogP contribution in [-0.4, -0.2) is 42.9 Å². The lowest BCUT2D eigenvalue weighted by Crippen LogP contribution is -2.52. The molecule has 1 aliphatic rings. The molecule has 1 aromatic heterocycles. The molecule has 0 radical (unpaired) electrons. The largest absolute Gasteiger partial charge is 0.493 e. The summed E-state index contributed by atoms with van der Waals surface area (Å²) < 4.78 is 16.9. The van der Waals surface area contributed by atoms with Gasteiger partial charge in [-0.15, -0.1) is 0 Å². The molecule has 144 valence electrons. The number of hydrogen-bond acceptors (Lipinski definition) is 5. The molecule has 1 fully saturated rings. The van der Waals surface area contributed by atoms with Crippen LogP contribution in [0.25, 0.3) is 0 Å². The van der Waals surface area contributed by atoms with Crippen LogP contribution in [0.15, 0.2) is 48.8 Å². The Morgan fingerprint density at radius 2 is 1.89 bits per heavy atom. The van der Waals surface area contributed by atoms with Gasteiger partial charge in [-0.2, -0.15) is 0 Å². The summed E-state index contributed by atoms with van der Waals surface area (Å²) in [5.41, 5.74) is 0.141. The molecule has 3 rings (SSSR count). The van der Waals surface area contributed by atoms with Gasteiger partial charge in [0.2, 0.25) is 0 Å². The number of aromatic nitrogens is 1. The van der Waals surface area contributed by atoms with Gasteiger partial charge in [0.25, 0.3) is 5.91 Å². The Balaban J connectivity index is 1.64. The second-order valence-electron chi connectivity index (χ2n) is 7.20. The molecule has 2 heterocycles. The van der Waals surface area contributed by atoms with E-state index in [9.17, 15) is 4.79 Å². The Hall–Kier alpha value is -2.60. The Bertz CT molecular complexity index is 764. The Kier molecular flexibility index (Phi) is 5.96. The maximum Gasteiger partial charge on any atom is 0.263 e. The van der Waals surface area contributed by atoms with Crippen molar-refractivity contribution in [1.82, 2.24) is 10.3 Å². The number of methoxy groups -OCH3 is 1. The molecule has 2 unspecified atom stereocenters. The Morgan fingerprint density at radius 1 is 1.19 bits per heavy atom. The van der Waals surface area contributed by atoms with Gasteiger partial charge in [-0.1, -0.05) is 12.1 Å². The first-order valence-electron chi connectivity index (χ1n) is 9.09. The van der Waals surface area contributed by atoms with E-state index in [1.807, 2.05) is 24.3 Å². The lowest BCUT2D eigenvalue weighted by molar-refractivity contribution is -0.135. The predicted octanol–water partition coefficient (Wildman–Crippen LogP) is 2.62. The van der Waals surface area contributed by atoms with Gasteiger partial charge in [0.1, 0.15) is 0 Å². The summed E-state index contributed by atoms with van der Waals surface area (Å²) in [7, 11) is 1.58. The van der Waals surface area contributed by atoms with Crippen LogP contribution in [0.4, 0.5) is 0 Å². The minimum Gasteiger partial charge on any atom is -0.493 e. The monoisotopic (exact) mass is 370 g/mol. The summed E-state index contributed by atoms with van der Waals surface area (Å²) in [5.74, 6) is 1.18. The number of para-hydroxylation sites is 2. The highest BCUT2D eigenvalue weighted by Gasteiger charge is 2.36. The third-order valence-electron chi connectivity index (χ3n) is 4.74. The van der Waals surface area contributed by atoms with E-state index < -0.39 is 5.60 Å². The quantitative estimate of drug-likeness (QED) is 0.811. The standard InChI is InChI=1S/C21H26N2O4/c1-21(2,27-19-7-5-4-6-18(19)25-3)20(24)23-17-14-26-13-16(17)12-15-8-10-22-11-9-15/h4-11,16-17H,12-14H2,1-3H3,(H,23,24). The number of pyridine rings is 1. The van der Waals surface area contributed by atoms with Crippen molar-refractivity contribution in [2.24, 2.45) is 5.92 Å². The molecule has 1 aromatic carbocycles. The second-order valence-corrected chi connectivity index (χ2v) is 7.20. The van der Waals surface area contributed by atoms with Crippen molar-refractivity contribution in [2.75, 3.05) is 20.3 Å². The molecular weight excluding hydrogens is 344 g/mol. The van der Waals surface area contributed by atoms with Gasteiger partial charge < -0.3 is 19.5 Å². The molecule has 0 saturated carbocycles. The second kappa shape index (κ2) is 8.39. The summed E-state index contributed by atoms with van der Waals surface area (Å²) in [6.45, 7) is 4.64. The normalized spacial score (nSPS) is 19.5. The van der Waals surface area contributed by atoms with Crippen molar-refractivity contribution < 1.29 is 19.0 Å². The van der Waals surface area contributed by atoms with E-state index >= 15 is 0 Å². The molecule has 0 bridgehead atoms. The van der Waals surface area contributed by atoms with Crippen molar-refractivity contribution in [3.63, 3.8) is 0 Å². The average molecular weight is 370 g/mol. The lowest BCUT2D eigenvalue weighted by Gasteiger charge is -2.29. The third-order valence-corrected chi connectivity index (χ3v) is 4.74. The first-order chi connectivity index (χ1) is 13.0. The average Bonchev–Trinajstić information content (AvgIpc) is 3.09. The predicted molar refractivity (Wildman–Crippen MR) is 102 cm³/mol. The fraction of sp³-hybridized carbons (Fsp3) is 0.429. The van der Waals surface area contributed by atoms with Crippen LogP contribution < -0.4 is 14.8 Å². The molecule has 1 N–H and O–H groups in total. The van der Waals surface area contributed by atoms with Crippen molar-refractivity contribution in [3.05, 3.63) is 54.4 Å². The minimum absolute atomic E-state index is 0.0498. The maximum atomic E-state index is 12.9.